The van der Waals surface area contributed by atoms with Crippen molar-refractivity contribution in [3.63, 3.8) is 0 Å². The highest BCUT2D eigenvalue weighted by Crippen LogP contribution is 2.21. The number of likely N-dealkylation sites (tertiary alicyclic amines) is 1. The van der Waals surface area contributed by atoms with Gasteiger partial charge in [0.05, 0.1) is 0 Å². The Hall–Kier alpha value is -3.54. The summed E-state index contributed by atoms with van der Waals surface area (Å²) in [6, 6.07) is 20.5. The summed E-state index contributed by atoms with van der Waals surface area (Å²) in [6.45, 7) is 0.726. The number of benzene rings is 2. The first kappa shape index (κ1) is 18.8. The van der Waals surface area contributed by atoms with Crippen LogP contribution >= 0.6 is 0 Å². The first-order valence-electron chi connectivity index (χ1n) is 9.72. The van der Waals surface area contributed by atoms with Crippen molar-refractivity contribution in [1.29, 1.82) is 0 Å². The molecule has 2 amide bonds. The van der Waals surface area contributed by atoms with Crippen LogP contribution in [-0.4, -0.2) is 34.1 Å². The standard InChI is InChI=1S/C23H23N3O3/c27-22(24-19-10-12-20(13-11-19)25-14-4-5-15-25)21-9-6-16-26(21)23(28)29-17-18-7-2-1-3-8-18/h1-5,7-8,10-15,21H,6,9,16-17H2,(H,24,27)/t21-/m0/s1. The molecule has 0 aliphatic carbocycles. The van der Waals surface area contributed by atoms with Crippen LogP contribution in [0.1, 0.15) is 18.4 Å². The monoisotopic (exact) mass is 389 g/mol. The number of nitrogens with one attached hydrogen (secondary N) is 1. The summed E-state index contributed by atoms with van der Waals surface area (Å²) in [5, 5.41) is 2.92. The molecule has 1 aliphatic heterocycles. The molecule has 1 aromatic heterocycles. The minimum Gasteiger partial charge on any atom is -0.445 e. The van der Waals surface area contributed by atoms with E-state index in [9.17, 15) is 9.59 Å². The zero-order valence-electron chi connectivity index (χ0n) is 16.0. The molecule has 6 heteroatoms. The van der Waals surface area contributed by atoms with E-state index in [-0.39, 0.29) is 12.5 Å². The van der Waals surface area contributed by atoms with Crippen LogP contribution in [0.4, 0.5) is 10.5 Å². The van der Waals surface area contributed by atoms with E-state index in [1.807, 2.05) is 83.7 Å². The van der Waals surface area contributed by atoms with Gasteiger partial charge >= 0.3 is 6.09 Å². The zero-order chi connectivity index (χ0) is 20.1. The smallest absolute Gasteiger partial charge is 0.410 e. The number of nitrogens with zero attached hydrogens (tertiary/aromatic N) is 2. The number of hydrogen-bond donors (Lipinski definition) is 1. The van der Waals surface area contributed by atoms with E-state index in [1.54, 1.807) is 0 Å². The Balaban J connectivity index is 1.35. The van der Waals surface area contributed by atoms with Crippen LogP contribution in [0.15, 0.2) is 79.1 Å². The quantitative estimate of drug-likeness (QED) is 0.711. The van der Waals surface area contributed by atoms with Gasteiger partial charge in [-0.1, -0.05) is 30.3 Å². The van der Waals surface area contributed by atoms with Crippen molar-refractivity contribution in [3.8, 4) is 5.69 Å². The van der Waals surface area contributed by atoms with Gasteiger partial charge in [-0.3, -0.25) is 9.69 Å². The highest BCUT2D eigenvalue weighted by Gasteiger charge is 2.35. The number of anilines is 1. The molecular weight excluding hydrogens is 366 g/mol. The largest absolute Gasteiger partial charge is 0.445 e. The number of carbonyl (C=O) groups excluding carboxylic acids is 2. The molecule has 0 radical (unpaired) electrons. The summed E-state index contributed by atoms with van der Waals surface area (Å²) < 4.78 is 7.40. The lowest BCUT2D eigenvalue weighted by atomic mass is 10.2. The molecule has 1 aliphatic rings. The molecule has 2 heterocycles. The van der Waals surface area contributed by atoms with Gasteiger partial charge in [-0.2, -0.15) is 0 Å². The average molecular weight is 389 g/mol. The second-order valence-corrected chi connectivity index (χ2v) is 7.02. The molecule has 4 rings (SSSR count). The van der Waals surface area contributed by atoms with E-state index in [2.05, 4.69) is 5.32 Å². The highest BCUT2D eigenvalue weighted by molar-refractivity contribution is 5.96. The first-order chi connectivity index (χ1) is 14.2. The molecule has 3 aromatic rings. The fourth-order valence-electron chi connectivity index (χ4n) is 3.51. The third-order valence-electron chi connectivity index (χ3n) is 5.03. The molecule has 0 saturated carbocycles. The fourth-order valence-corrected chi connectivity index (χ4v) is 3.51. The van der Waals surface area contributed by atoms with Crippen molar-refractivity contribution in [2.45, 2.75) is 25.5 Å². The third kappa shape index (κ3) is 4.48. The van der Waals surface area contributed by atoms with Crippen LogP contribution in [0.5, 0.6) is 0 Å². The van der Waals surface area contributed by atoms with Gasteiger partial charge in [0.2, 0.25) is 5.91 Å². The van der Waals surface area contributed by atoms with Crippen LogP contribution in [0.2, 0.25) is 0 Å². The fraction of sp³-hybridized carbons (Fsp3) is 0.217. The molecule has 1 atom stereocenters. The van der Waals surface area contributed by atoms with Gasteiger partial charge in [0.25, 0.3) is 0 Å². The van der Waals surface area contributed by atoms with Crippen LogP contribution < -0.4 is 5.32 Å². The maximum Gasteiger partial charge on any atom is 0.410 e. The molecule has 1 N–H and O–H groups in total. The number of rotatable bonds is 5. The molecule has 0 spiro atoms. The minimum absolute atomic E-state index is 0.187. The molecule has 0 unspecified atom stereocenters. The zero-order valence-corrected chi connectivity index (χ0v) is 16.0. The van der Waals surface area contributed by atoms with Gasteiger partial charge in [-0.25, -0.2) is 4.79 Å². The Bertz CT molecular complexity index is 953. The number of amides is 2. The van der Waals surface area contributed by atoms with Crippen LogP contribution in [-0.2, 0) is 16.1 Å². The van der Waals surface area contributed by atoms with Crippen molar-refractivity contribution in [1.82, 2.24) is 9.47 Å². The Morgan fingerprint density at radius 3 is 2.41 bits per heavy atom. The van der Waals surface area contributed by atoms with Gasteiger partial charge in [-0.15, -0.1) is 0 Å². The highest BCUT2D eigenvalue weighted by atomic mass is 16.6. The maximum absolute atomic E-state index is 12.8. The predicted octanol–water partition coefficient (Wildman–Crippen LogP) is 4.22. The van der Waals surface area contributed by atoms with Gasteiger partial charge in [0.1, 0.15) is 12.6 Å². The number of carbonyl (C=O) groups is 2. The van der Waals surface area contributed by atoms with E-state index < -0.39 is 12.1 Å². The topological polar surface area (TPSA) is 63.6 Å². The van der Waals surface area contributed by atoms with Crippen LogP contribution in [0, 0.1) is 0 Å². The summed E-state index contributed by atoms with van der Waals surface area (Å²) in [7, 11) is 0. The van der Waals surface area contributed by atoms with Gasteiger partial charge < -0.3 is 14.6 Å². The van der Waals surface area contributed by atoms with Crippen LogP contribution in [0.25, 0.3) is 5.69 Å². The molecule has 29 heavy (non-hydrogen) atoms. The Labute approximate surface area is 169 Å². The van der Waals surface area contributed by atoms with Crippen LogP contribution in [0.3, 0.4) is 0 Å². The lowest BCUT2D eigenvalue weighted by Gasteiger charge is -2.23. The second kappa shape index (κ2) is 8.65. The van der Waals surface area contributed by atoms with E-state index in [0.717, 1.165) is 17.7 Å². The van der Waals surface area contributed by atoms with Gasteiger partial charge in [0.15, 0.2) is 0 Å². The van der Waals surface area contributed by atoms with Gasteiger partial charge in [0, 0.05) is 30.3 Å². The van der Waals surface area contributed by atoms with E-state index in [0.29, 0.717) is 18.7 Å². The van der Waals surface area contributed by atoms with Crippen molar-refractivity contribution < 1.29 is 14.3 Å². The predicted molar refractivity (Wildman–Crippen MR) is 111 cm³/mol. The SMILES string of the molecule is O=C(Nc1ccc(-n2cccc2)cc1)[C@@H]1CCCN1C(=O)OCc1ccccc1. The Morgan fingerprint density at radius 2 is 1.69 bits per heavy atom. The third-order valence-corrected chi connectivity index (χ3v) is 5.03. The van der Waals surface area contributed by atoms with Crippen molar-refractivity contribution in [2.24, 2.45) is 0 Å². The summed E-state index contributed by atoms with van der Waals surface area (Å²) in [5.41, 5.74) is 2.64. The molecular formula is C23H23N3O3. The minimum atomic E-state index is -0.512. The van der Waals surface area contributed by atoms with E-state index in [4.69, 9.17) is 4.74 Å². The van der Waals surface area contributed by atoms with Gasteiger partial charge in [-0.05, 0) is 54.8 Å². The Kier molecular flexibility index (Phi) is 5.61. The van der Waals surface area contributed by atoms with Crippen molar-refractivity contribution in [2.75, 3.05) is 11.9 Å². The summed E-state index contributed by atoms with van der Waals surface area (Å²) >= 11 is 0. The molecule has 6 nitrogen and oxygen atoms in total. The molecule has 148 valence electrons. The normalized spacial score (nSPS) is 15.9. The van der Waals surface area contributed by atoms with Crippen molar-refractivity contribution >= 4 is 17.7 Å². The molecule has 1 fully saturated rings. The summed E-state index contributed by atoms with van der Waals surface area (Å²) in [5.74, 6) is -0.187. The summed E-state index contributed by atoms with van der Waals surface area (Å²) in [4.78, 5) is 26.8. The lowest BCUT2D eigenvalue weighted by molar-refractivity contribution is -0.120. The lowest BCUT2D eigenvalue weighted by Crippen LogP contribution is -2.43. The van der Waals surface area contributed by atoms with E-state index >= 15 is 0 Å². The van der Waals surface area contributed by atoms with Crippen molar-refractivity contribution in [3.05, 3.63) is 84.7 Å². The van der Waals surface area contributed by atoms with E-state index in [1.165, 1.54) is 4.90 Å². The molecule has 0 bridgehead atoms. The summed E-state index contributed by atoms with van der Waals surface area (Å²) in [6.07, 6.45) is 4.89. The maximum atomic E-state index is 12.8. The number of ether oxygens (including phenoxy) is 1. The first-order valence-corrected chi connectivity index (χ1v) is 9.72. The molecule has 2 aromatic carbocycles. The second-order valence-electron chi connectivity index (χ2n) is 7.02. The number of hydrogen-bond acceptors (Lipinski definition) is 3. The molecule has 1 saturated heterocycles. The Morgan fingerprint density at radius 1 is 0.966 bits per heavy atom. The number of aromatic nitrogens is 1. The average Bonchev–Trinajstić information content (AvgIpc) is 3.45.